The van der Waals surface area contributed by atoms with E-state index >= 15 is 0 Å². The van der Waals surface area contributed by atoms with E-state index in [2.05, 4.69) is 20.5 Å². The van der Waals surface area contributed by atoms with Crippen LogP contribution in [0.5, 0.6) is 0 Å². The van der Waals surface area contributed by atoms with Crippen molar-refractivity contribution in [3.63, 3.8) is 0 Å². The number of aromatic nitrogens is 5. The quantitative estimate of drug-likeness (QED) is 0.570. The molecule has 0 N–H and O–H groups in total. The minimum Gasteiger partial charge on any atom is -0.339 e. The molecule has 8 heteroatoms. The van der Waals surface area contributed by atoms with E-state index in [1.165, 1.54) is 6.07 Å². The Morgan fingerprint density at radius 3 is 2.96 bits per heavy atom. The fraction of sp³-hybridized carbons (Fsp3) is 0.125. The molecule has 0 bridgehead atoms. The second-order valence-electron chi connectivity index (χ2n) is 5.31. The number of rotatable bonds is 3. The largest absolute Gasteiger partial charge is 0.339 e. The van der Waals surface area contributed by atoms with E-state index in [-0.39, 0.29) is 12.3 Å². The highest BCUT2D eigenvalue weighted by molar-refractivity contribution is 6.31. The molecule has 0 aliphatic carbocycles. The van der Waals surface area contributed by atoms with Gasteiger partial charge in [-0.3, -0.25) is 0 Å². The van der Waals surface area contributed by atoms with Crippen LogP contribution < -0.4 is 0 Å². The maximum absolute atomic E-state index is 13.9. The molecule has 2 aromatic heterocycles. The Labute approximate surface area is 140 Å². The maximum atomic E-state index is 13.9. The third kappa shape index (κ3) is 2.52. The molecule has 0 amide bonds. The lowest BCUT2D eigenvalue weighted by molar-refractivity contribution is 0.384. The highest BCUT2D eigenvalue weighted by Crippen LogP contribution is 2.24. The van der Waals surface area contributed by atoms with E-state index in [0.29, 0.717) is 16.4 Å². The first-order valence-corrected chi connectivity index (χ1v) is 7.55. The van der Waals surface area contributed by atoms with Crippen LogP contribution in [0.3, 0.4) is 0 Å². The summed E-state index contributed by atoms with van der Waals surface area (Å²) in [6, 6.07) is 10.1. The van der Waals surface area contributed by atoms with Gasteiger partial charge in [-0.15, -0.1) is 5.10 Å². The Hall–Kier alpha value is -2.80. The van der Waals surface area contributed by atoms with Crippen LogP contribution in [0.4, 0.5) is 4.39 Å². The van der Waals surface area contributed by atoms with E-state index < -0.39 is 5.82 Å². The summed E-state index contributed by atoms with van der Waals surface area (Å²) in [6.07, 6.45) is 0.131. The predicted molar refractivity (Wildman–Crippen MR) is 86.0 cm³/mol. The number of halogens is 2. The van der Waals surface area contributed by atoms with Crippen molar-refractivity contribution < 1.29 is 8.91 Å². The average molecular weight is 344 g/mol. The summed E-state index contributed by atoms with van der Waals surface area (Å²) in [4.78, 5) is 4.31. The number of hydrogen-bond acceptors (Lipinski definition) is 5. The first-order valence-electron chi connectivity index (χ1n) is 7.17. The van der Waals surface area contributed by atoms with E-state index in [0.717, 1.165) is 16.6 Å². The van der Waals surface area contributed by atoms with Crippen molar-refractivity contribution in [1.29, 1.82) is 0 Å². The number of nitrogens with zero attached hydrogens (tertiary/aromatic N) is 5. The van der Waals surface area contributed by atoms with Crippen LogP contribution in [0.1, 0.15) is 11.5 Å². The zero-order valence-electron chi connectivity index (χ0n) is 12.6. The summed E-state index contributed by atoms with van der Waals surface area (Å²) in [5.41, 5.74) is 2.72. The Bertz CT molecular complexity index is 1020. The second-order valence-corrected chi connectivity index (χ2v) is 5.71. The van der Waals surface area contributed by atoms with Crippen molar-refractivity contribution in [3.05, 3.63) is 58.7 Å². The molecule has 4 rings (SSSR count). The minimum atomic E-state index is -0.400. The molecule has 0 unspecified atom stereocenters. The first-order chi connectivity index (χ1) is 11.6. The molecule has 0 saturated heterocycles. The predicted octanol–water partition coefficient (Wildman–Crippen LogP) is 3.40. The molecule has 24 heavy (non-hydrogen) atoms. The van der Waals surface area contributed by atoms with Crippen LogP contribution in [0.2, 0.25) is 5.02 Å². The summed E-state index contributed by atoms with van der Waals surface area (Å²) in [5, 5.41) is 12.3. The molecule has 4 aromatic rings. The third-order valence-corrected chi connectivity index (χ3v) is 4.08. The topological polar surface area (TPSA) is 69.6 Å². The number of fused-ring (bicyclic) bond motifs is 1. The highest BCUT2D eigenvalue weighted by atomic mass is 35.5. The Morgan fingerprint density at radius 1 is 1.25 bits per heavy atom. The minimum absolute atomic E-state index is 0.131. The van der Waals surface area contributed by atoms with Crippen molar-refractivity contribution in [2.75, 3.05) is 0 Å². The monoisotopic (exact) mass is 343 g/mol. The molecule has 0 saturated carbocycles. The molecule has 0 spiro atoms. The summed E-state index contributed by atoms with van der Waals surface area (Å²) in [5.74, 6) is 0.296. The summed E-state index contributed by atoms with van der Waals surface area (Å²) >= 11 is 6.02. The first kappa shape index (κ1) is 14.8. The Balaban J connectivity index is 1.66. The zero-order valence-corrected chi connectivity index (χ0v) is 13.3. The molecule has 0 radical (unpaired) electrons. The zero-order chi connectivity index (χ0) is 16.7. The number of hydrogen-bond donors (Lipinski definition) is 0. The molecule has 120 valence electrons. The number of benzene rings is 2. The van der Waals surface area contributed by atoms with Crippen molar-refractivity contribution >= 4 is 22.6 Å². The molecule has 2 heterocycles. The van der Waals surface area contributed by atoms with Crippen molar-refractivity contribution in [1.82, 2.24) is 25.1 Å². The van der Waals surface area contributed by atoms with Gasteiger partial charge in [-0.1, -0.05) is 28.0 Å². The van der Waals surface area contributed by atoms with E-state index in [9.17, 15) is 4.39 Å². The highest BCUT2D eigenvalue weighted by Gasteiger charge is 2.15. The Kier molecular flexibility index (Phi) is 3.50. The van der Waals surface area contributed by atoms with E-state index in [4.69, 9.17) is 16.1 Å². The normalized spacial score (nSPS) is 11.3. The molecule has 0 aliphatic heterocycles. The molecular weight excluding hydrogens is 333 g/mol. The maximum Gasteiger partial charge on any atom is 0.231 e. The van der Waals surface area contributed by atoms with Gasteiger partial charge in [0.1, 0.15) is 11.3 Å². The van der Waals surface area contributed by atoms with Crippen molar-refractivity contribution in [2.24, 2.45) is 7.05 Å². The number of aryl methyl sites for hydroxylation is 1. The van der Waals surface area contributed by atoms with E-state index in [1.54, 1.807) is 16.8 Å². The molecule has 0 atom stereocenters. The lowest BCUT2D eigenvalue weighted by Gasteiger charge is -2.01. The smallest absolute Gasteiger partial charge is 0.231 e. The Morgan fingerprint density at radius 2 is 2.12 bits per heavy atom. The average Bonchev–Trinajstić information content (AvgIpc) is 3.18. The molecular formula is C16H11ClFN5O. The van der Waals surface area contributed by atoms with Gasteiger partial charge in [0.05, 0.1) is 11.9 Å². The van der Waals surface area contributed by atoms with E-state index in [1.807, 2.05) is 25.2 Å². The van der Waals surface area contributed by atoms with Gasteiger partial charge < -0.3 is 4.52 Å². The molecule has 0 fully saturated rings. The standard InChI is InChI=1S/C16H11ClFN5O/c1-23-14-6-5-9(7-13(14)20-22-23)16-19-15(24-21-16)8-10-11(17)3-2-4-12(10)18/h2-7H,8H2,1H3. The van der Waals surface area contributed by atoms with Gasteiger partial charge in [-0.2, -0.15) is 4.98 Å². The van der Waals surface area contributed by atoms with Crippen molar-refractivity contribution in [3.8, 4) is 11.4 Å². The van der Waals surface area contributed by atoms with Gasteiger partial charge in [-0.05, 0) is 30.3 Å². The van der Waals surface area contributed by atoms with Crippen LogP contribution >= 0.6 is 11.6 Å². The summed E-state index contributed by atoms with van der Waals surface area (Å²) in [6.45, 7) is 0. The fourth-order valence-electron chi connectivity index (χ4n) is 2.48. The van der Waals surface area contributed by atoms with Crippen LogP contribution in [0.25, 0.3) is 22.4 Å². The van der Waals surface area contributed by atoms with Gasteiger partial charge in [-0.25, -0.2) is 9.07 Å². The van der Waals surface area contributed by atoms with Crippen LogP contribution in [-0.4, -0.2) is 25.1 Å². The lowest BCUT2D eigenvalue weighted by Crippen LogP contribution is -1.94. The summed E-state index contributed by atoms with van der Waals surface area (Å²) in [7, 11) is 1.82. The second kappa shape index (κ2) is 5.68. The fourth-order valence-corrected chi connectivity index (χ4v) is 2.71. The third-order valence-electron chi connectivity index (χ3n) is 3.73. The van der Waals surface area contributed by atoms with Crippen LogP contribution in [0.15, 0.2) is 40.9 Å². The van der Waals surface area contributed by atoms with Gasteiger partial charge in [0.15, 0.2) is 0 Å². The van der Waals surface area contributed by atoms with Gasteiger partial charge in [0, 0.05) is 23.2 Å². The lowest BCUT2D eigenvalue weighted by atomic mass is 10.1. The van der Waals surface area contributed by atoms with Crippen LogP contribution in [0, 0.1) is 5.82 Å². The van der Waals surface area contributed by atoms with Gasteiger partial charge in [0.25, 0.3) is 0 Å². The van der Waals surface area contributed by atoms with Crippen molar-refractivity contribution in [2.45, 2.75) is 6.42 Å². The molecule has 0 aliphatic rings. The SMILES string of the molecule is Cn1nnc2cc(-c3noc(Cc4c(F)cccc4Cl)n3)ccc21. The molecule has 2 aromatic carbocycles. The summed E-state index contributed by atoms with van der Waals surface area (Å²) < 4.78 is 20.8. The van der Waals surface area contributed by atoms with Gasteiger partial charge in [0.2, 0.25) is 11.7 Å². The van der Waals surface area contributed by atoms with Crippen LogP contribution in [-0.2, 0) is 13.5 Å². The molecule has 6 nitrogen and oxygen atoms in total. The van der Waals surface area contributed by atoms with Gasteiger partial charge >= 0.3 is 0 Å².